The molecule has 5 atom stereocenters. The lowest BCUT2D eigenvalue weighted by atomic mass is 9.84. The van der Waals surface area contributed by atoms with Gasteiger partial charge in [-0.25, -0.2) is 4.99 Å². The first kappa shape index (κ1) is 13.5. The van der Waals surface area contributed by atoms with Gasteiger partial charge in [-0.3, -0.25) is 5.01 Å². The van der Waals surface area contributed by atoms with E-state index in [0.717, 1.165) is 5.70 Å². The van der Waals surface area contributed by atoms with Crippen molar-refractivity contribution >= 4 is 12.2 Å². The highest BCUT2D eigenvalue weighted by atomic mass is 16.5. The maximum atomic E-state index is 10.4. The van der Waals surface area contributed by atoms with Crippen LogP contribution in [0.5, 0.6) is 0 Å². The third-order valence-corrected chi connectivity index (χ3v) is 4.42. The summed E-state index contributed by atoms with van der Waals surface area (Å²) >= 11 is 0. The summed E-state index contributed by atoms with van der Waals surface area (Å²) in [6.45, 7) is 3.80. The van der Waals surface area contributed by atoms with Crippen LogP contribution in [0.2, 0.25) is 0 Å². The second-order valence-electron chi connectivity index (χ2n) is 5.80. The quantitative estimate of drug-likeness (QED) is 0.627. The Morgan fingerprint density at radius 3 is 3.00 bits per heavy atom. The Hall–Kier alpha value is -1.44. The fourth-order valence-corrected chi connectivity index (χ4v) is 3.45. The van der Waals surface area contributed by atoms with E-state index >= 15 is 0 Å². The van der Waals surface area contributed by atoms with Crippen LogP contribution in [0.1, 0.15) is 20.3 Å². The highest BCUT2D eigenvalue weighted by Crippen LogP contribution is 2.43. The van der Waals surface area contributed by atoms with E-state index in [1.807, 2.05) is 19.9 Å². The maximum Gasteiger partial charge on any atom is 0.150 e. The molecule has 3 aliphatic rings. The summed E-state index contributed by atoms with van der Waals surface area (Å²) in [4.78, 5) is 3.99. The summed E-state index contributed by atoms with van der Waals surface area (Å²) < 4.78 is 5.92. The number of aliphatic imine (C=N–C) groups is 1. The molecule has 7 nitrogen and oxygen atoms in total. The molecular formula is C13H20N4O3. The molecule has 0 aromatic heterocycles. The minimum absolute atomic E-state index is 0.0963. The van der Waals surface area contributed by atoms with Crippen molar-refractivity contribution in [2.75, 3.05) is 6.61 Å². The first-order valence-corrected chi connectivity index (χ1v) is 6.81. The van der Waals surface area contributed by atoms with E-state index in [1.165, 1.54) is 6.34 Å². The Morgan fingerprint density at radius 2 is 2.35 bits per heavy atom. The van der Waals surface area contributed by atoms with Crippen LogP contribution in [0.3, 0.4) is 0 Å². The number of nitrogens with zero attached hydrogens (tertiary/aromatic N) is 3. The fourth-order valence-electron chi connectivity index (χ4n) is 3.45. The lowest BCUT2D eigenvalue weighted by Crippen LogP contribution is -2.55. The van der Waals surface area contributed by atoms with Crippen molar-refractivity contribution in [3.8, 4) is 0 Å². The lowest BCUT2D eigenvalue weighted by molar-refractivity contribution is -0.124. The summed E-state index contributed by atoms with van der Waals surface area (Å²) in [6, 6.07) is -0.172. The van der Waals surface area contributed by atoms with Crippen LogP contribution in [-0.4, -0.2) is 57.9 Å². The third-order valence-electron chi connectivity index (χ3n) is 4.42. The molecule has 7 heteroatoms. The molecule has 3 heterocycles. The zero-order valence-electron chi connectivity index (χ0n) is 11.6. The average molecular weight is 280 g/mol. The van der Waals surface area contributed by atoms with E-state index < -0.39 is 11.7 Å². The van der Waals surface area contributed by atoms with Gasteiger partial charge in [-0.05, 0) is 6.92 Å². The predicted octanol–water partition coefficient (Wildman–Crippen LogP) is -0.595. The summed E-state index contributed by atoms with van der Waals surface area (Å²) in [7, 11) is 0. The summed E-state index contributed by atoms with van der Waals surface area (Å²) in [5.41, 5.74) is 5.83. The van der Waals surface area contributed by atoms with Gasteiger partial charge in [0.2, 0.25) is 0 Å². The van der Waals surface area contributed by atoms with Gasteiger partial charge in [-0.15, -0.1) is 0 Å². The smallest absolute Gasteiger partial charge is 0.150 e. The van der Waals surface area contributed by atoms with Gasteiger partial charge in [-0.2, -0.15) is 5.10 Å². The standard InChI is InChI=1S/C13H20N4O3/c1-7-3-9-12(14)15-6-16-17(9)11(7)13(2)10(19)4-8(5-18)20-13/h3,6-8,10-11,18-19H,4-5H2,1-2H3,(H2,14,15,16)/t7?,8-,10+,11?,13+/m0/s1. The van der Waals surface area contributed by atoms with Crippen molar-refractivity contribution in [3.05, 3.63) is 11.8 Å². The second kappa shape index (κ2) is 4.54. The fraction of sp³-hybridized carbons (Fsp3) is 0.692. The molecule has 1 fully saturated rings. The number of aliphatic hydroxyl groups excluding tert-OH is 2. The number of rotatable bonds is 2. The summed E-state index contributed by atoms with van der Waals surface area (Å²) in [5.74, 6) is 0.523. The Kier molecular flexibility index (Phi) is 3.07. The van der Waals surface area contributed by atoms with Crippen LogP contribution in [0.25, 0.3) is 0 Å². The Bertz CT molecular complexity index is 504. The van der Waals surface area contributed by atoms with E-state index in [2.05, 4.69) is 10.1 Å². The molecular weight excluding hydrogens is 260 g/mol. The lowest BCUT2D eigenvalue weighted by Gasteiger charge is -2.41. The van der Waals surface area contributed by atoms with Crippen molar-refractivity contribution in [2.45, 2.75) is 44.1 Å². The molecule has 20 heavy (non-hydrogen) atoms. The Balaban J connectivity index is 1.92. The number of amidine groups is 1. The zero-order valence-corrected chi connectivity index (χ0v) is 11.6. The van der Waals surface area contributed by atoms with Crippen LogP contribution in [0.15, 0.2) is 21.9 Å². The minimum Gasteiger partial charge on any atom is -0.394 e. The summed E-state index contributed by atoms with van der Waals surface area (Å²) in [6.07, 6.45) is 2.83. The molecule has 3 rings (SSSR count). The topological polar surface area (TPSA) is 104 Å². The van der Waals surface area contributed by atoms with Gasteiger partial charge in [0.15, 0.2) is 5.84 Å². The SMILES string of the molecule is CC1C=C2C(N)=NC=NN2C1[C@]1(C)O[C@H](CO)C[C@H]1O. The van der Waals surface area contributed by atoms with Crippen molar-refractivity contribution in [1.82, 2.24) is 5.01 Å². The molecule has 0 bridgehead atoms. The van der Waals surface area contributed by atoms with E-state index in [0.29, 0.717) is 12.3 Å². The van der Waals surface area contributed by atoms with E-state index in [9.17, 15) is 10.2 Å². The van der Waals surface area contributed by atoms with Gasteiger partial charge in [-0.1, -0.05) is 13.0 Å². The number of fused-ring (bicyclic) bond motifs is 1. The largest absolute Gasteiger partial charge is 0.394 e. The molecule has 1 saturated heterocycles. The molecule has 0 spiro atoms. The first-order valence-electron chi connectivity index (χ1n) is 6.81. The molecule has 3 aliphatic heterocycles. The highest BCUT2D eigenvalue weighted by molar-refractivity contribution is 6.02. The number of aliphatic hydroxyl groups is 2. The van der Waals surface area contributed by atoms with Crippen molar-refractivity contribution in [3.63, 3.8) is 0 Å². The van der Waals surface area contributed by atoms with Crippen LogP contribution in [0.4, 0.5) is 0 Å². The highest BCUT2D eigenvalue weighted by Gasteiger charge is 2.55. The van der Waals surface area contributed by atoms with Crippen molar-refractivity contribution in [1.29, 1.82) is 0 Å². The number of hydrogen-bond acceptors (Lipinski definition) is 7. The number of hydrogen-bond donors (Lipinski definition) is 3. The second-order valence-corrected chi connectivity index (χ2v) is 5.80. The van der Waals surface area contributed by atoms with E-state index in [4.69, 9.17) is 10.5 Å². The monoisotopic (exact) mass is 280 g/mol. The summed E-state index contributed by atoms with van der Waals surface area (Å²) in [5, 5.41) is 25.7. The molecule has 0 aliphatic carbocycles. The average Bonchev–Trinajstić information content (AvgIpc) is 2.89. The van der Waals surface area contributed by atoms with E-state index in [-0.39, 0.29) is 24.7 Å². The predicted molar refractivity (Wildman–Crippen MR) is 74.0 cm³/mol. The molecule has 2 unspecified atom stereocenters. The molecule has 0 amide bonds. The first-order chi connectivity index (χ1) is 9.47. The van der Waals surface area contributed by atoms with Gasteiger partial charge in [0.1, 0.15) is 11.9 Å². The maximum absolute atomic E-state index is 10.4. The van der Waals surface area contributed by atoms with Crippen LogP contribution in [-0.2, 0) is 4.74 Å². The molecule has 110 valence electrons. The van der Waals surface area contributed by atoms with Crippen LogP contribution < -0.4 is 5.73 Å². The molecule has 0 aromatic carbocycles. The van der Waals surface area contributed by atoms with Gasteiger partial charge < -0.3 is 20.7 Å². The zero-order chi connectivity index (χ0) is 14.5. The molecule has 0 radical (unpaired) electrons. The Labute approximate surface area is 117 Å². The normalized spacial score (nSPS) is 43.5. The molecule has 0 saturated carbocycles. The Morgan fingerprint density at radius 1 is 1.60 bits per heavy atom. The van der Waals surface area contributed by atoms with Gasteiger partial charge in [0.25, 0.3) is 0 Å². The van der Waals surface area contributed by atoms with Gasteiger partial charge in [0.05, 0.1) is 30.6 Å². The van der Waals surface area contributed by atoms with Gasteiger partial charge >= 0.3 is 0 Å². The van der Waals surface area contributed by atoms with Crippen LogP contribution in [0, 0.1) is 5.92 Å². The molecule has 0 aromatic rings. The van der Waals surface area contributed by atoms with E-state index in [1.54, 1.807) is 5.01 Å². The van der Waals surface area contributed by atoms with Crippen molar-refractivity contribution in [2.24, 2.45) is 21.7 Å². The van der Waals surface area contributed by atoms with Gasteiger partial charge in [0, 0.05) is 12.3 Å². The minimum atomic E-state index is -0.806. The molecule has 4 N–H and O–H groups in total. The number of nitrogens with two attached hydrogens (primary N) is 1. The van der Waals surface area contributed by atoms with Crippen molar-refractivity contribution < 1.29 is 14.9 Å². The number of hydrazone groups is 1. The third kappa shape index (κ3) is 1.77. The van der Waals surface area contributed by atoms with Crippen LogP contribution >= 0.6 is 0 Å². The number of ether oxygens (including phenoxy) is 1.